The van der Waals surface area contributed by atoms with Gasteiger partial charge in [0.05, 0.1) is 0 Å². The second kappa shape index (κ2) is 4.87. The van der Waals surface area contributed by atoms with Crippen LogP contribution in [-0.2, 0) is 0 Å². The number of alkyl halides is 3. The molecule has 0 bridgehead atoms. The lowest BCUT2D eigenvalue weighted by Crippen LogP contribution is -2.66. The maximum Gasteiger partial charge on any atom is 0.406 e. The number of nitrogens with zero attached hydrogens (tertiary/aromatic N) is 2. The van der Waals surface area contributed by atoms with E-state index in [0.29, 0.717) is 25.4 Å². The maximum atomic E-state index is 13.5. The Morgan fingerprint density at radius 1 is 1.10 bits per heavy atom. The molecule has 116 valence electrons. The highest BCUT2D eigenvalue weighted by Crippen LogP contribution is 2.55. The summed E-state index contributed by atoms with van der Waals surface area (Å²) in [5, 5.41) is 0. The van der Waals surface area contributed by atoms with Crippen molar-refractivity contribution in [2.24, 2.45) is 5.92 Å². The summed E-state index contributed by atoms with van der Waals surface area (Å²) in [5.41, 5.74) is -1.49. The minimum Gasteiger partial charge on any atom is -0.298 e. The molecule has 1 aliphatic carbocycles. The van der Waals surface area contributed by atoms with Crippen LogP contribution in [0.25, 0.3) is 0 Å². The van der Waals surface area contributed by atoms with Crippen LogP contribution in [0.4, 0.5) is 13.2 Å². The highest BCUT2D eigenvalue weighted by Gasteiger charge is 2.68. The van der Waals surface area contributed by atoms with Crippen LogP contribution >= 0.6 is 0 Å². The molecule has 0 aromatic carbocycles. The summed E-state index contributed by atoms with van der Waals surface area (Å²) in [6.07, 6.45) is -0.0444. The quantitative estimate of drug-likeness (QED) is 0.770. The lowest BCUT2D eigenvalue weighted by molar-refractivity contribution is -0.215. The van der Waals surface area contributed by atoms with Gasteiger partial charge in [0.25, 0.3) is 0 Å². The van der Waals surface area contributed by atoms with Gasteiger partial charge in [0.15, 0.2) is 0 Å². The Balaban J connectivity index is 1.84. The molecule has 2 saturated heterocycles. The second-order valence-electron chi connectivity index (χ2n) is 7.14. The first-order chi connectivity index (χ1) is 9.35. The molecular weight excluding hydrogens is 265 g/mol. The molecule has 2 aliphatic heterocycles. The van der Waals surface area contributed by atoms with Gasteiger partial charge >= 0.3 is 6.18 Å². The van der Waals surface area contributed by atoms with E-state index in [1.54, 1.807) is 0 Å². The molecule has 1 saturated carbocycles. The lowest BCUT2D eigenvalue weighted by Gasteiger charge is -2.52. The summed E-state index contributed by atoms with van der Waals surface area (Å²) in [6, 6.07) is 0.395. The molecule has 3 aliphatic rings. The van der Waals surface area contributed by atoms with Gasteiger partial charge in [-0.15, -0.1) is 0 Å². The molecule has 2 heterocycles. The summed E-state index contributed by atoms with van der Waals surface area (Å²) in [7, 11) is 0. The SMILES string of the molecule is CC(C)C1CN2CCCCC2CN1C1(C(F)(F)F)CC1. The number of halogens is 3. The van der Waals surface area contributed by atoms with Crippen LogP contribution in [0.15, 0.2) is 0 Å². The zero-order valence-electron chi connectivity index (χ0n) is 12.4. The van der Waals surface area contributed by atoms with E-state index in [4.69, 9.17) is 0 Å². The van der Waals surface area contributed by atoms with Gasteiger partial charge in [-0.2, -0.15) is 13.2 Å². The molecule has 2 atom stereocenters. The molecule has 20 heavy (non-hydrogen) atoms. The molecule has 2 unspecified atom stereocenters. The molecule has 3 rings (SSSR count). The Morgan fingerprint density at radius 2 is 1.80 bits per heavy atom. The Hall–Kier alpha value is -0.290. The van der Waals surface area contributed by atoms with E-state index in [2.05, 4.69) is 18.7 Å². The third kappa shape index (κ3) is 2.27. The summed E-state index contributed by atoms with van der Waals surface area (Å²) >= 11 is 0. The van der Waals surface area contributed by atoms with Crippen molar-refractivity contribution in [2.45, 2.75) is 69.8 Å². The van der Waals surface area contributed by atoms with E-state index >= 15 is 0 Å². The molecule has 0 amide bonds. The van der Waals surface area contributed by atoms with Crippen molar-refractivity contribution < 1.29 is 13.2 Å². The Labute approximate surface area is 119 Å². The summed E-state index contributed by atoms with van der Waals surface area (Å²) in [4.78, 5) is 4.28. The molecule has 2 nitrogen and oxygen atoms in total. The van der Waals surface area contributed by atoms with Crippen LogP contribution in [0.1, 0.15) is 46.0 Å². The fourth-order valence-electron chi connectivity index (χ4n) is 4.12. The fraction of sp³-hybridized carbons (Fsp3) is 1.00. The van der Waals surface area contributed by atoms with Crippen molar-refractivity contribution in [3.05, 3.63) is 0 Å². The van der Waals surface area contributed by atoms with E-state index in [1.165, 1.54) is 12.8 Å². The number of fused-ring (bicyclic) bond motifs is 1. The van der Waals surface area contributed by atoms with Gasteiger partial charge in [-0.3, -0.25) is 9.80 Å². The van der Waals surface area contributed by atoms with Crippen molar-refractivity contribution in [1.82, 2.24) is 9.80 Å². The number of rotatable bonds is 2. The predicted molar refractivity (Wildman–Crippen MR) is 72.6 cm³/mol. The first-order valence-electron chi connectivity index (χ1n) is 7.93. The molecule has 0 radical (unpaired) electrons. The third-order valence-electron chi connectivity index (χ3n) is 5.55. The number of hydrogen-bond donors (Lipinski definition) is 0. The predicted octanol–water partition coefficient (Wildman–Crippen LogP) is 3.28. The highest BCUT2D eigenvalue weighted by atomic mass is 19.4. The molecular formula is C15H25F3N2. The molecule has 0 spiro atoms. The third-order valence-corrected chi connectivity index (χ3v) is 5.55. The number of piperidine rings is 1. The molecule has 0 aromatic heterocycles. The average molecular weight is 290 g/mol. The Morgan fingerprint density at radius 3 is 2.35 bits per heavy atom. The maximum absolute atomic E-state index is 13.5. The van der Waals surface area contributed by atoms with Gasteiger partial charge in [-0.25, -0.2) is 0 Å². The van der Waals surface area contributed by atoms with Crippen molar-refractivity contribution in [2.75, 3.05) is 19.6 Å². The standard InChI is InChI=1S/C15H25F3N2/c1-11(2)13-10-19-8-4-3-5-12(19)9-20(13)14(6-7-14)15(16,17)18/h11-13H,3-10H2,1-2H3. The first-order valence-corrected chi connectivity index (χ1v) is 7.93. The van der Waals surface area contributed by atoms with Crippen LogP contribution < -0.4 is 0 Å². The summed E-state index contributed by atoms with van der Waals surface area (Å²) in [6.45, 7) is 6.63. The molecule has 0 N–H and O–H groups in total. The average Bonchev–Trinajstić information content (AvgIpc) is 3.18. The van der Waals surface area contributed by atoms with E-state index in [-0.39, 0.29) is 12.0 Å². The monoisotopic (exact) mass is 290 g/mol. The smallest absolute Gasteiger partial charge is 0.298 e. The molecule has 5 heteroatoms. The minimum absolute atomic E-state index is 0.0495. The number of hydrogen-bond acceptors (Lipinski definition) is 2. The van der Waals surface area contributed by atoms with E-state index < -0.39 is 11.7 Å². The summed E-state index contributed by atoms with van der Waals surface area (Å²) in [5.74, 6) is 0.276. The topological polar surface area (TPSA) is 6.48 Å². The first kappa shape index (κ1) is 14.6. The van der Waals surface area contributed by atoms with Crippen molar-refractivity contribution in [1.29, 1.82) is 0 Å². The minimum atomic E-state index is -4.07. The lowest BCUT2D eigenvalue weighted by atomic mass is 9.90. The molecule has 0 aromatic rings. The van der Waals surface area contributed by atoms with E-state index in [1.807, 2.05) is 4.90 Å². The van der Waals surface area contributed by atoms with Crippen LogP contribution in [0.5, 0.6) is 0 Å². The zero-order chi connectivity index (χ0) is 14.5. The van der Waals surface area contributed by atoms with E-state index in [0.717, 1.165) is 19.5 Å². The van der Waals surface area contributed by atoms with Gasteiger partial charge < -0.3 is 0 Å². The van der Waals surface area contributed by atoms with Crippen LogP contribution in [0.2, 0.25) is 0 Å². The van der Waals surface area contributed by atoms with Crippen molar-refractivity contribution >= 4 is 0 Å². The zero-order valence-corrected chi connectivity index (χ0v) is 12.4. The highest BCUT2D eigenvalue weighted by molar-refractivity contribution is 5.13. The largest absolute Gasteiger partial charge is 0.406 e. The van der Waals surface area contributed by atoms with Crippen LogP contribution in [0.3, 0.4) is 0 Å². The van der Waals surface area contributed by atoms with Crippen molar-refractivity contribution in [3.8, 4) is 0 Å². The van der Waals surface area contributed by atoms with Gasteiger partial charge in [0.2, 0.25) is 0 Å². The summed E-state index contributed by atoms with van der Waals surface area (Å²) < 4.78 is 40.5. The molecule has 3 fully saturated rings. The van der Waals surface area contributed by atoms with Crippen molar-refractivity contribution in [3.63, 3.8) is 0 Å². The van der Waals surface area contributed by atoms with E-state index in [9.17, 15) is 13.2 Å². The van der Waals surface area contributed by atoms with Crippen LogP contribution in [0, 0.1) is 5.92 Å². The normalized spacial score (nSPS) is 35.1. The Bertz CT molecular complexity index is 363. The Kier molecular flexibility index (Phi) is 3.57. The van der Waals surface area contributed by atoms with Gasteiger partial charge in [0.1, 0.15) is 5.54 Å². The number of piperazine rings is 1. The second-order valence-corrected chi connectivity index (χ2v) is 7.14. The van der Waals surface area contributed by atoms with Gasteiger partial charge in [-0.05, 0) is 38.1 Å². The van der Waals surface area contributed by atoms with Gasteiger partial charge in [0, 0.05) is 25.2 Å². The van der Waals surface area contributed by atoms with Crippen LogP contribution in [-0.4, -0.2) is 53.2 Å². The van der Waals surface area contributed by atoms with Gasteiger partial charge in [-0.1, -0.05) is 20.3 Å². The fourth-order valence-corrected chi connectivity index (χ4v) is 4.12.